The Morgan fingerprint density at radius 1 is 0.941 bits per heavy atom. The van der Waals surface area contributed by atoms with E-state index in [4.69, 9.17) is 4.52 Å². The predicted molar refractivity (Wildman–Crippen MR) is 66.8 cm³/mol. The second kappa shape index (κ2) is 3.04. The maximum absolute atomic E-state index is 5.37. The third kappa shape index (κ3) is 1.11. The van der Waals surface area contributed by atoms with Crippen molar-refractivity contribution in [2.75, 3.05) is 0 Å². The summed E-state index contributed by atoms with van der Waals surface area (Å²) in [6.07, 6.45) is 1.82. The van der Waals surface area contributed by atoms with Gasteiger partial charge in [-0.3, -0.25) is 4.98 Å². The largest absolute Gasteiger partial charge is 0.356 e. The van der Waals surface area contributed by atoms with Gasteiger partial charge in [-0.15, -0.1) is 0 Å². The number of hydrogen-bond acceptors (Lipinski definition) is 3. The van der Waals surface area contributed by atoms with Crippen molar-refractivity contribution in [2.45, 2.75) is 0 Å². The molecule has 2 aromatic heterocycles. The molecule has 2 heterocycles. The van der Waals surface area contributed by atoms with Crippen LogP contribution in [0.15, 0.2) is 53.2 Å². The van der Waals surface area contributed by atoms with Gasteiger partial charge in [0, 0.05) is 22.4 Å². The number of rotatable bonds is 0. The molecule has 2 aromatic carbocycles. The molecule has 0 saturated carbocycles. The molecule has 0 saturated heterocycles. The summed E-state index contributed by atoms with van der Waals surface area (Å²) in [5.41, 5.74) is 2.62. The highest BCUT2D eigenvalue weighted by atomic mass is 16.5. The van der Waals surface area contributed by atoms with Gasteiger partial charge in [0.25, 0.3) is 0 Å². The van der Waals surface area contributed by atoms with Crippen LogP contribution in [0.4, 0.5) is 0 Å². The number of aromatic nitrogens is 2. The van der Waals surface area contributed by atoms with Gasteiger partial charge in [0.15, 0.2) is 5.58 Å². The molecule has 17 heavy (non-hydrogen) atoms. The molecule has 0 radical (unpaired) electrons. The molecule has 0 spiro atoms. The van der Waals surface area contributed by atoms with Crippen LogP contribution in [-0.4, -0.2) is 10.1 Å². The SMILES string of the molecule is c1ccc2c(c1)onc1ccc3ccnc3c12. The molecule has 4 aromatic rings. The monoisotopic (exact) mass is 220 g/mol. The zero-order valence-electron chi connectivity index (χ0n) is 8.92. The van der Waals surface area contributed by atoms with Gasteiger partial charge < -0.3 is 4.52 Å². The minimum atomic E-state index is 0.788. The van der Waals surface area contributed by atoms with E-state index in [1.807, 2.05) is 48.7 Å². The van der Waals surface area contributed by atoms with E-state index in [-0.39, 0.29) is 0 Å². The van der Waals surface area contributed by atoms with Crippen molar-refractivity contribution in [1.82, 2.24) is 10.1 Å². The molecular formula is C14H8N2O. The fraction of sp³-hybridized carbons (Fsp3) is 0. The summed E-state index contributed by atoms with van der Waals surface area (Å²) in [5, 5.41) is 7.38. The van der Waals surface area contributed by atoms with Crippen LogP contribution in [0.2, 0.25) is 0 Å². The molecule has 0 aliphatic carbocycles. The third-order valence-electron chi connectivity index (χ3n) is 3.04. The van der Waals surface area contributed by atoms with E-state index < -0.39 is 0 Å². The van der Waals surface area contributed by atoms with Crippen molar-refractivity contribution in [2.24, 2.45) is 0 Å². The fourth-order valence-electron chi connectivity index (χ4n) is 2.26. The molecule has 0 aliphatic rings. The number of benzene rings is 2. The summed E-state index contributed by atoms with van der Waals surface area (Å²) >= 11 is 0. The van der Waals surface area contributed by atoms with E-state index in [9.17, 15) is 0 Å². The van der Waals surface area contributed by atoms with E-state index in [2.05, 4.69) is 10.1 Å². The Morgan fingerprint density at radius 2 is 1.88 bits per heavy atom. The van der Waals surface area contributed by atoms with Gasteiger partial charge in [-0.25, -0.2) is 0 Å². The predicted octanol–water partition coefficient (Wildman–Crippen LogP) is 3.53. The molecule has 0 bridgehead atoms. The van der Waals surface area contributed by atoms with Crippen molar-refractivity contribution in [3.8, 4) is 0 Å². The second-order valence-corrected chi connectivity index (χ2v) is 4.02. The highest BCUT2D eigenvalue weighted by Crippen LogP contribution is 2.29. The average Bonchev–Trinajstić information content (AvgIpc) is 2.86. The zero-order chi connectivity index (χ0) is 11.2. The Bertz CT molecular complexity index is 848. The second-order valence-electron chi connectivity index (χ2n) is 4.02. The molecule has 0 N–H and O–H groups in total. The molecule has 3 heteroatoms. The van der Waals surface area contributed by atoms with E-state index in [1.54, 1.807) is 0 Å². The van der Waals surface area contributed by atoms with Crippen LogP contribution in [0.3, 0.4) is 0 Å². The van der Waals surface area contributed by atoms with E-state index in [0.29, 0.717) is 0 Å². The molecular weight excluding hydrogens is 212 g/mol. The molecule has 0 aliphatic heterocycles. The molecule has 80 valence electrons. The Morgan fingerprint density at radius 3 is 2.88 bits per heavy atom. The molecule has 3 nitrogen and oxygen atoms in total. The molecule has 4 rings (SSSR count). The van der Waals surface area contributed by atoms with Gasteiger partial charge in [0.2, 0.25) is 0 Å². The smallest absolute Gasteiger partial charge is 0.165 e. The number of hydrogen-bond donors (Lipinski definition) is 0. The molecule has 0 unspecified atom stereocenters. The lowest BCUT2D eigenvalue weighted by atomic mass is 10.1. The normalized spacial score (nSPS) is 11.5. The first-order valence-corrected chi connectivity index (χ1v) is 5.45. The third-order valence-corrected chi connectivity index (χ3v) is 3.04. The maximum atomic E-state index is 5.37. The quantitative estimate of drug-likeness (QED) is 0.425. The maximum Gasteiger partial charge on any atom is 0.165 e. The highest BCUT2D eigenvalue weighted by molar-refractivity contribution is 6.16. The number of nitrogens with zero attached hydrogens (tertiary/aromatic N) is 2. The van der Waals surface area contributed by atoms with Crippen LogP contribution in [0, 0.1) is 0 Å². The Kier molecular flexibility index (Phi) is 1.56. The Balaban J connectivity index is 2.41. The lowest BCUT2D eigenvalue weighted by Gasteiger charge is -2.02. The highest BCUT2D eigenvalue weighted by Gasteiger charge is 2.08. The van der Waals surface area contributed by atoms with Crippen molar-refractivity contribution in [1.29, 1.82) is 0 Å². The van der Waals surface area contributed by atoms with E-state index in [0.717, 1.165) is 32.8 Å². The van der Waals surface area contributed by atoms with Crippen LogP contribution in [0.1, 0.15) is 0 Å². The molecule has 0 atom stereocenters. The van der Waals surface area contributed by atoms with Gasteiger partial charge >= 0.3 is 0 Å². The van der Waals surface area contributed by atoms with Crippen molar-refractivity contribution in [3.05, 3.63) is 48.7 Å². The molecule has 0 fully saturated rings. The van der Waals surface area contributed by atoms with Crippen LogP contribution in [0.5, 0.6) is 0 Å². The first-order valence-electron chi connectivity index (χ1n) is 5.45. The van der Waals surface area contributed by atoms with Crippen molar-refractivity contribution in [3.63, 3.8) is 0 Å². The summed E-state index contributed by atoms with van der Waals surface area (Å²) in [4.78, 5) is 4.42. The van der Waals surface area contributed by atoms with Crippen LogP contribution in [0.25, 0.3) is 32.8 Å². The molecule has 0 amide bonds. The fourth-order valence-corrected chi connectivity index (χ4v) is 2.26. The van der Waals surface area contributed by atoms with Gasteiger partial charge in [-0.05, 0) is 18.2 Å². The summed E-state index contributed by atoms with van der Waals surface area (Å²) in [6, 6.07) is 13.9. The summed E-state index contributed by atoms with van der Waals surface area (Å²) in [6.45, 7) is 0. The Labute approximate surface area is 96.7 Å². The van der Waals surface area contributed by atoms with Crippen LogP contribution >= 0.6 is 0 Å². The van der Waals surface area contributed by atoms with E-state index >= 15 is 0 Å². The van der Waals surface area contributed by atoms with E-state index in [1.165, 1.54) is 0 Å². The topological polar surface area (TPSA) is 38.9 Å². The van der Waals surface area contributed by atoms with Crippen LogP contribution < -0.4 is 0 Å². The van der Waals surface area contributed by atoms with Gasteiger partial charge in [0.1, 0.15) is 5.52 Å². The lowest BCUT2D eigenvalue weighted by molar-refractivity contribution is 0.455. The van der Waals surface area contributed by atoms with Gasteiger partial charge in [0.05, 0.1) is 5.52 Å². The van der Waals surface area contributed by atoms with Gasteiger partial charge in [-0.2, -0.15) is 0 Å². The van der Waals surface area contributed by atoms with Crippen molar-refractivity contribution < 1.29 is 4.52 Å². The first-order chi connectivity index (χ1) is 8.43. The number of para-hydroxylation sites is 1. The number of fused-ring (bicyclic) bond motifs is 5. The van der Waals surface area contributed by atoms with Crippen LogP contribution in [-0.2, 0) is 0 Å². The Hall–Kier alpha value is -2.42. The summed E-state index contributed by atoms with van der Waals surface area (Å²) in [7, 11) is 0. The van der Waals surface area contributed by atoms with Gasteiger partial charge in [-0.1, -0.05) is 29.4 Å². The summed E-state index contributed by atoms with van der Waals surface area (Å²) in [5.74, 6) is 0. The minimum absolute atomic E-state index is 0.788. The zero-order valence-corrected chi connectivity index (χ0v) is 8.92. The van der Waals surface area contributed by atoms with Crippen molar-refractivity contribution >= 4 is 32.8 Å². The summed E-state index contributed by atoms with van der Waals surface area (Å²) < 4.78 is 5.37. The first kappa shape index (κ1) is 8.70. The average molecular weight is 220 g/mol. The standard InChI is InChI=1S/C14H8N2O/c1-2-4-12-10(3-1)13-11(16-17-12)6-5-9-7-8-15-14(9)13/h1-8H. The lowest BCUT2D eigenvalue weighted by Crippen LogP contribution is -1.83. The minimum Gasteiger partial charge on any atom is -0.356 e.